The molecule has 0 radical (unpaired) electrons. The summed E-state index contributed by atoms with van der Waals surface area (Å²) in [7, 11) is 0. The lowest BCUT2D eigenvalue weighted by Gasteiger charge is -2.27. The second kappa shape index (κ2) is 13.7. The minimum Gasteiger partial charge on any atom is -0.507 e. The van der Waals surface area contributed by atoms with Crippen LogP contribution >= 0.6 is 0 Å². The zero-order valence-corrected chi connectivity index (χ0v) is 31.2. The SMILES string of the molecule is CC(C)(C)c1cc(C=NC(c2ccccc2)C(N=Cc2cc(C(C)(C)C)cc(C(C)(C)C)c2O)c2ccccc2)c(O)c(C(C)(C)C)c1. The first-order chi connectivity index (χ1) is 22.2. The number of aromatic hydroxyl groups is 2. The van der Waals surface area contributed by atoms with Crippen LogP contribution in [0.5, 0.6) is 11.5 Å². The maximum absolute atomic E-state index is 11.6. The first-order valence-corrected chi connectivity index (χ1v) is 17.1. The Balaban J connectivity index is 1.94. The predicted octanol–water partition coefficient (Wildman–Crippen LogP) is 11.3. The summed E-state index contributed by atoms with van der Waals surface area (Å²) in [5.74, 6) is 0.508. The molecule has 0 aliphatic rings. The number of phenolic OH excluding ortho intramolecular Hbond substituents is 2. The summed E-state index contributed by atoms with van der Waals surface area (Å²) in [5.41, 5.74) is 6.75. The van der Waals surface area contributed by atoms with Gasteiger partial charge in [-0.05, 0) is 56.0 Å². The smallest absolute Gasteiger partial charge is 0.128 e. The highest BCUT2D eigenvalue weighted by atomic mass is 16.3. The third-order valence-corrected chi connectivity index (χ3v) is 8.96. The zero-order valence-electron chi connectivity index (χ0n) is 31.2. The molecule has 0 fully saturated rings. The van der Waals surface area contributed by atoms with E-state index in [1.807, 2.05) is 48.8 Å². The fourth-order valence-corrected chi connectivity index (χ4v) is 5.84. The number of rotatable bonds is 7. The van der Waals surface area contributed by atoms with Gasteiger partial charge in [-0.15, -0.1) is 0 Å². The Labute approximate surface area is 289 Å². The number of benzene rings is 4. The van der Waals surface area contributed by atoms with E-state index in [2.05, 4.69) is 132 Å². The van der Waals surface area contributed by atoms with Gasteiger partial charge in [-0.2, -0.15) is 0 Å². The van der Waals surface area contributed by atoms with Gasteiger partial charge in [0.1, 0.15) is 23.6 Å². The van der Waals surface area contributed by atoms with Gasteiger partial charge in [0, 0.05) is 34.7 Å². The second-order valence-electron chi connectivity index (χ2n) is 17.2. The van der Waals surface area contributed by atoms with Gasteiger partial charge in [0.05, 0.1) is 0 Å². The summed E-state index contributed by atoms with van der Waals surface area (Å²) < 4.78 is 0. The predicted molar refractivity (Wildman–Crippen MR) is 205 cm³/mol. The van der Waals surface area contributed by atoms with Crippen molar-refractivity contribution in [3.05, 3.63) is 129 Å². The molecular weight excluding hydrogens is 588 g/mol. The monoisotopic (exact) mass is 644 g/mol. The molecule has 4 aromatic carbocycles. The van der Waals surface area contributed by atoms with Gasteiger partial charge in [0.25, 0.3) is 0 Å². The van der Waals surface area contributed by atoms with E-state index in [4.69, 9.17) is 9.98 Å². The Morgan fingerprint density at radius 3 is 1.04 bits per heavy atom. The minimum absolute atomic E-state index is 0.110. The second-order valence-corrected chi connectivity index (χ2v) is 17.2. The van der Waals surface area contributed by atoms with E-state index in [0.29, 0.717) is 11.1 Å². The number of phenols is 2. The maximum Gasteiger partial charge on any atom is 0.128 e. The lowest BCUT2D eigenvalue weighted by Crippen LogP contribution is -2.18. The molecule has 0 saturated heterocycles. The Bertz CT molecular complexity index is 1630. The summed E-state index contributed by atoms with van der Waals surface area (Å²) in [6.45, 7) is 25.9. The van der Waals surface area contributed by atoms with Crippen LogP contribution in [0.2, 0.25) is 0 Å². The van der Waals surface area contributed by atoms with Crippen LogP contribution in [0.1, 0.15) is 140 Å². The van der Waals surface area contributed by atoms with Gasteiger partial charge in [0.2, 0.25) is 0 Å². The molecule has 2 N–H and O–H groups in total. The summed E-state index contributed by atoms with van der Waals surface area (Å²) >= 11 is 0. The Kier molecular flexibility index (Phi) is 10.5. The van der Waals surface area contributed by atoms with Crippen molar-refractivity contribution < 1.29 is 10.2 Å². The average Bonchev–Trinajstić information content (AvgIpc) is 2.98. The van der Waals surface area contributed by atoms with Crippen molar-refractivity contribution in [3.63, 3.8) is 0 Å². The molecule has 0 heterocycles. The normalized spacial score (nSPS) is 14.5. The van der Waals surface area contributed by atoms with Crippen molar-refractivity contribution in [3.8, 4) is 11.5 Å². The summed E-state index contributed by atoms with van der Waals surface area (Å²) in [5, 5.41) is 23.1. The highest BCUT2D eigenvalue weighted by molar-refractivity contribution is 5.86. The molecule has 4 nitrogen and oxygen atoms in total. The molecular formula is C44H56N2O2. The topological polar surface area (TPSA) is 65.2 Å². The Hall–Kier alpha value is -4.18. The van der Waals surface area contributed by atoms with Crippen molar-refractivity contribution in [2.24, 2.45) is 9.98 Å². The number of nitrogens with zero attached hydrogens (tertiary/aromatic N) is 2. The molecule has 4 aromatic rings. The van der Waals surface area contributed by atoms with E-state index in [-0.39, 0.29) is 33.2 Å². The number of hydrogen-bond acceptors (Lipinski definition) is 4. The Morgan fingerprint density at radius 2 is 0.771 bits per heavy atom. The molecule has 4 heteroatoms. The molecule has 48 heavy (non-hydrogen) atoms. The van der Waals surface area contributed by atoms with Crippen molar-refractivity contribution in [1.82, 2.24) is 0 Å². The summed E-state index contributed by atoms with van der Waals surface area (Å²) in [6.07, 6.45) is 3.64. The van der Waals surface area contributed by atoms with Gasteiger partial charge in [-0.25, -0.2) is 0 Å². The molecule has 0 amide bonds. The van der Waals surface area contributed by atoms with Crippen LogP contribution < -0.4 is 0 Å². The standard InChI is InChI=1S/C44H56N2O2/c1-41(2,3)33-23-31(39(47)35(25-33)43(7,8)9)27-45-37(29-19-15-13-16-20-29)38(30-21-17-14-18-22-30)46-28-32-24-34(42(4,5)6)26-36(40(32)48)44(10,11)12/h13-28,37-38,47-48H,1-12H3. The van der Waals surface area contributed by atoms with Gasteiger partial charge < -0.3 is 10.2 Å². The van der Waals surface area contributed by atoms with Crippen LogP contribution in [0, 0.1) is 0 Å². The van der Waals surface area contributed by atoms with E-state index in [1.165, 1.54) is 0 Å². The molecule has 254 valence electrons. The Morgan fingerprint density at radius 1 is 0.458 bits per heavy atom. The molecule has 0 aliphatic carbocycles. The van der Waals surface area contributed by atoms with Gasteiger partial charge in [-0.1, -0.05) is 156 Å². The molecule has 0 saturated carbocycles. The first-order valence-electron chi connectivity index (χ1n) is 17.1. The average molecular weight is 645 g/mol. The molecule has 2 atom stereocenters. The third kappa shape index (κ3) is 8.64. The van der Waals surface area contributed by atoms with E-state index in [0.717, 1.165) is 33.4 Å². The van der Waals surface area contributed by atoms with Crippen molar-refractivity contribution in [2.75, 3.05) is 0 Å². The fraction of sp³-hybridized carbons (Fsp3) is 0.409. The maximum atomic E-state index is 11.6. The molecule has 4 rings (SSSR count). The number of hydrogen-bond donors (Lipinski definition) is 2. The van der Waals surface area contributed by atoms with Crippen LogP contribution in [0.25, 0.3) is 0 Å². The summed E-state index contributed by atoms with van der Waals surface area (Å²) in [6, 6.07) is 28.0. The van der Waals surface area contributed by atoms with E-state index >= 15 is 0 Å². The van der Waals surface area contributed by atoms with Crippen LogP contribution in [0.4, 0.5) is 0 Å². The zero-order chi connectivity index (χ0) is 35.7. The van der Waals surface area contributed by atoms with E-state index < -0.39 is 12.1 Å². The van der Waals surface area contributed by atoms with E-state index in [9.17, 15) is 10.2 Å². The van der Waals surface area contributed by atoms with Crippen molar-refractivity contribution in [2.45, 2.75) is 117 Å². The largest absolute Gasteiger partial charge is 0.507 e. The van der Waals surface area contributed by atoms with E-state index in [1.54, 1.807) is 0 Å². The van der Waals surface area contributed by atoms with Crippen molar-refractivity contribution in [1.29, 1.82) is 0 Å². The highest BCUT2D eigenvalue weighted by Crippen LogP contribution is 2.41. The lowest BCUT2D eigenvalue weighted by molar-refractivity contribution is 0.442. The molecule has 2 unspecified atom stereocenters. The lowest BCUT2D eigenvalue weighted by atomic mass is 9.79. The van der Waals surface area contributed by atoms with Gasteiger partial charge in [0.15, 0.2) is 0 Å². The van der Waals surface area contributed by atoms with Crippen molar-refractivity contribution >= 4 is 12.4 Å². The van der Waals surface area contributed by atoms with Crippen LogP contribution in [-0.2, 0) is 21.7 Å². The molecule has 0 bridgehead atoms. The molecule has 0 aliphatic heterocycles. The quantitative estimate of drug-likeness (QED) is 0.197. The molecule has 0 spiro atoms. The van der Waals surface area contributed by atoms with Gasteiger partial charge >= 0.3 is 0 Å². The summed E-state index contributed by atoms with van der Waals surface area (Å²) in [4.78, 5) is 10.5. The highest BCUT2D eigenvalue weighted by Gasteiger charge is 2.28. The first kappa shape index (κ1) is 36.7. The van der Waals surface area contributed by atoms with Crippen LogP contribution in [0.3, 0.4) is 0 Å². The third-order valence-electron chi connectivity index (χ3n) is 8.96. The fourth-order valence-electron chi connectivity index (χ4n) is 5.84. The number of aliphatic imine (C=N–C) groups is 2. The van der Waals surface area contributed by atoms with Crippen LogP contribution in [0.15, 0.2) is 94.9 Å². The van der Waals surface area contributed by atoms with Gasteiger partial charge in [-0.3, -0.25) is 9.98 Å². The van der Waals surface area contributed by atoms with Crippen LogP contribution in [-0.4, -0.2) is 22.6 Å². The molecule has 0 aromatic heterocycles. The minimum atomic E-state index is -0.407.